The van der Waals surface area contributed by atoms with Crippen LogP contribution in [-0.2, 0) is 9.47 Å². The normalized spacial score (nSPS) is 36.6. The molecule has 2 rings (SSSR count). The van der Waals surface area contributed by atoms with E-state index in [-0.39, 0.29) is 18.2 Å². The van der Waals surface area contributed by atoms with E-state index in [4.69, 9.17) is 15.2 Å². The van der Waals surface area contributed by atoms with Crippen LogP contribution in [0.1, 0.15) is 38.5 Å². The van der Waals surface area contributed by atoms with Crippen molar-refractivity contribution in [2.45, 2.75) is 56.8 Å². The first kappa shape index (κ1) is 10.4. The number of hydrogen-bond donors (Lipinski definition) is 1. The molecule has 2 heterocycles. The van der Waals surface area contributed by atoms with Crippen LogP contribution in [0.2, 0.25) is 0 Å². The standard InChI is InChI=1S/C11H21NO2/c12-11(9-5-1-3-7-13-9)10-6-2-4-8-14-10/h9-11H,1-8,12H2. The molecule has 14 heavy (non-hydrogen) atoms. The van der Waals surface area contributed by atoms with E-state index in [9.17, 15) is 0 Å². The summed E-state index contributed by atoms with van der Waals surface area (Å²) in [6, 6.07) is 0.0931. The Balaban J connectivity index is 1.82. The molecule has 2 unspecified atom stereocenters. The van der Waals surface area contributed by atoms with Gasteiger partial charge in [-0.2, -0.15) is 0 Å². The summed E-state index contributed by atoms with van der Waals surface area (Å²) >= 11 is 0. The zero-order chi connectivity index (χ0) is 9.80. The summed E-state index contributed by atoms with van der Waals surface area (Å²) in [7, 11) is 0. The van der Waals surface area contributed by atoms with Gasteiger partial charge in [-0.15, -0.1) is 0 Å². The second-order valence-corrected chi connectivity index (χ2v) is 4.39. The van der Waals surface area contributed by atoms with Gasteiger partial charge in [-0.1, -0.05) is 0 Å². The highest BCUT2D eigenvalue weighted by molar-refractivity contribution is 4.84. The van der Waals surface area contributed by atoms with Crippen LogP contribution in [0.25, 0.3) is 0 Å². The van der Waals surface area contributed by atoms with Crippen molar-refractivity contribution >= 4 is 0 Å². The van der Waals surface area contributed by atoms with Gasteiger partial charge in [0.1, 0.15) is 0 Å². The molecule has 3 nitrogen and oxygen atoms in total. The first-order chi connectivity index (χ1) is 6.88. The van der Waals surface area contributed by atoms with Crippen LogP contribution in [-0.4, -0.2) is 31.5 Å². The molecule has 0 bridgehead atoms. The van der Waals surface area contributed by atoms with Gasteiger partial charge in [-0.3, -0.25) is 0 Å². The molecule has 0 aromatic carbocycles. The van der Waals surface area contributed by atoms with Gasteiger partial charge in [-0.05, 0) is 38.5 Å². The van der Waals surface area contributed by atoms with E-state index in [1.165, 1.54) is 25.7 Å². The second-order valence-electron chi connectivity index (χ2n) is 4.39. The average molecular weight is 199 g/mol. The monoisotopic (exact) mass is 199 g/mol. The number of ether oxygens (including phenoxy) is 2. The largest absolute Gasteiger partial charge is 0.377 e. The summed E-state index contributed by atoms with van der Waals surface area (Å²) in [6.45, 7) is 1.76. The molecule has 2 saturated heterocycles. The fourth-order valence-corrected chi connectivity index (χ4v) is 2.38. The predicted octanol–water partition coefficient (Wildman–Crippen LogP) is 1.45. The van der Waals surface area contributed by atoms with Gasteiger partial charge in [0.05, 0.1) is 18.2 Å². The second kappa shape index (κ2) is 5.10. The first-order valence-electron chi connectivity index (χ1n) is 5.87. The zero-order valence-electron chi connectivity index (χ0n) is 8.78. The highest BCUT2D eigenvalue weighted by Gasteiger charge is 2.30. The molecule has 0 saturated carbocycles. The fraction of sp³-hybridized carbons (Fsp3) is 1.00. The van der Waals surface area contributed by atoms with Gasteiger partial charge >= 0.3 is 0 Å². The topological polar surface area (TPSA) is 44.5 Å². The summed E-state index contributed by atoms with van der Waals surface area (Å²) in [6.07, 6.45) is 7.60. The summed E-state index contributed by atoms with van der Waals surface area (Å²) < 4.78 is 11.4. The van der Waals surface area contributed by atoms with Crippen molar-refractivity contribution in [1.29, 1.82) is 0 Å². The van der Waals surface area contributed by atoms with E-state index in [1.54, 1.807) is 0 Å². The van der Waals surface area contributed by atoms with E-state index in [0.717, 1.165) is 26.1 Å². The molecular formula is C11H21NO2. The highest BCUT2D eigenvalue weighted by atomic mass is 16.5. The van der Waals surface area contributed by atoms with E-state index >= 15 is 0 Å². The van der Waals surface area contributed by atoms with E-state index in [2.05, 4.69) is 0 Å². The van der Waals surface area contributed by atoms with Crippen molar-refractivity contribution in [2.75, 3.05) is 13.2 Å². The SMILES string of the molecule is NC(C1CCCCO1)C1CCCCO1. The van der Waals surface area contributed by atoms with Crippen LogP contribution in [0.15, 0.2) is 0 Å². The Morgan fingerprint density at radius 2 is 1.36 bits per heavy atom. The van der Waals surface area contributed by atoms with Gasteiger partial charge in [0.15, 0.2) is 0 Å². The molecular weight excluding hydrogens is 178 g/mol. The predicted molar refractivity (Wildman–Crippen MR) is 55.2 cm³/mol. The van der Waals surface area contributed by atoms with Crippen LogP contribution >= 0.6 is 0 Å². The van der Waals surface area contributed by atoms with Gasteiger partial charge < -0.3 is 15.2 Å². The van der Waals surface area contributed by atoms with E-state index in [0.29, 0.717) is 0 Å². The maximum atomic E-state index is 6.17. The fourth-order valence-electron chi connectivity index (χ4n) is 2.38. The maximum absolute atomic E-state index is 6.17. The molecule has 3 heteroatoms. The highest BCUT2D eigenvalue weighted by Crippen LogP contribution is 2.22. The lowest BCUT2D eigenvalue weighted by Gasteiger charge is -2.35. The Labute approximate surface area is 85.9 Å². The zero-order valence-corrected chi connectivity index (χ0v) is 8.78. The van der Waals surface area contributed by atoms with Crippen LogP contribution in [0.4, 0.5) is 0 Å². The Morgan fingerprint density at radius 3 is 1.71 bits per heavy atom. The van der Waals surface area contributed by atoms with Gasteiger partial charge in [0.25, 0.3) is 0 Å². The molecule has 0 aliphatic carbocycles. The minimum Gasteiger partial charge on any atom is -0.377 e. The molecule has 2 fully saturated rings. The third kappa shape index (κ3) is 2.47. The Bertz CT molecular complexity index is 145. The lowest BCUT2D eigenvalue weighted by atomic mass is 9.94. The first-order valence-corrected chi connectivity index (χ1v) is 5.87. The van der Waals surface area contributed by atoms with Crippen molar-refractivity contribution < 1.29 is 9.47 Å². The minimum atomic E-state index is 0.0931. The lowest BCUT2D eigenvalue weighted by molar-refractivity contribution is -0.0662. The maximum Gasteiger partial charge on any atom is 0.0751 e. The lowest BCUT2D eigenvalue weighted by Crippen LogP contribution is -2.49. The minimum absolute atomic E-state index is 0.0931. The van der Waals surface area contributed by atoms with Gasteiger partial charge in [-0.25, -0.2) is 0 Å². The Hall–Kier alpha value is -0.120. The van der Waals surface area contributed by atoms with E-state index in [1.807, 2.05) is 0 Å². The van der Waals surface area contributed by atoms with Crippen molar-refractivity contribution in [3.63, 3.8) is 0 Å². The number of hydrogen-bond acceptors (Lipinski definition) is 3. The van der Waals surface area contributed by atoms with Crippen molar-refractivity contribution in [1.82, 2.24) is 0 Å². The molecule has 0 radical (unpaired) electrons. The quantitative estimate of drug-likeness (QED) is 0.732. The molecule has 2 aliphatic heterocycles. The van der Waals surface area contributed by atoms with Crippen molar-refractivity contribution in [2.24, 2.45) is 5.73 Å². The summed E-state index contributed by atoms with van der Waals surface area (Å²) in [4.78, 5) is 0. The van der Waals surface area contributed by atoms with E-state index < -0.39 is 0 Å². The van der Waals surface area contributed by atoms with Crippen molar-refractivity contribution in [3.8, 4) is 0 Å². The summed E-state index contributed by atoms with van der Waals surface area (Å²) in [5, 5.41) is 0. The van der Waals surface area contributed by atoms with Crippen LogP contribution in [0.3, 0.4) is 0 Å². The van der Waals surface area contributed by atoms with Crippen LogP contribution in [0, 0.1) is 0 Å². The summed E-state index contributed by atoms with van der Waals surface area (Å²) in [5.74, 6) is 0. The Morgan fingerprint density at radius 1 is 0.857 bits per heavy atom. The van der Waals surface area contributed by atoms with Gasteiger partial charge in [0.2, 0.25) is 0 Å². The third-order valence-corrected chi connectivity index (χ3v) is 3.29. The molecule has 2 N–H and O–H groups in total. The molecule has 2 atom stereocenters. The summed E-state index contributed by atoms with van der Waals surface area (Å²) in [5.41, 5.74) is 6.17. The smallest absolute Gasteiger partial charge is 0.0751 e. The Kier molecular flexibility index (Phi) is 3.79. The van der Waals surface area contributed by atoms with Crippen LogP contribution < -0.4 is 5.73 Å². The molecule has 0 amide bonds. The molecule has 0 aromatic rings. The van der Waals surface area contributed by atoms with Gasteiger partial charge in [0, 0.05) is 13.2 Å². The molecule has 82 valence electrons. The molecule has 0 spiro atoms. The average Bonchev–Trinajstić information content (AvgIpc) is 2.30. The van der Waals surface area contributed by atoms with Crippen LogP contribution in [0.5, 0.6) is 0 Å². The molecule has 2 aliphatic rings. The van der Waals surface area contributed by atoms with Crippen molar-refractivity contribution in [3.05, 3.63) is 0 Å². The number of nitrogens with two attached hydrogens (primary N) is 1. The third-order valence-electron chi connectivity index (χ3n) is 3.29. The molecule has 0 aromatic heterocycles. The number of rotatable bonds is 2.